The molecule has 1 aliphatic carbocycles. The number of ether oxygens (including phenoxy) is 2. The highest BCUT2D eigenvalue weighted by molar-refractivity contribution is 7.17. The van der Waals surface area contributed by atoms with Crippen LogP contribution < -0.4 is 10.1 Å². The van der Waals surface area contributed by atoms with Crippen LogP contribution in [0.5, 0.6) is 5.75 Å². The molecule has 9 heteroatoms. The molecule has 162 valence electrons. The lowest BCUT2D eigenvalue weighted by molar-refractivity contribution is 0.0601. The van der Waals surface area contributed by atoms with Crippen LogP contribution in [0.2, 0.25) is 0 Å². The molecule has 1 aliphatic rings. The second-order valence-electron chi connectivity index (χ2n) is 7.15. The highest BCUT2D eigenvalue weighted by Gasteiger charge is 2.29. The Balaban J connectivity index is 1.58. The van der Waals surface area contributed by atoms with Crippen molar-refractivity contribution in [1.29, 1.82) is 0 Å². The van der Waals surface area contributed by atoms with Crippen molar-refractivity contribution in [3.63, 3.8) is 0 Å². The summed E-state index contributed by atoms with van der Waals surface area (Å²) in [5, 5.41) is 7.08. The monoisotopic (exact) mass is 444 g/mol. The van der Waals surface area contributed by atoms with Crippen LogP contribution >= 0.6 is 11.3 Å². The van der Waals surface area contributed by atoms with E-state index in [-0.39, 0.29) is 18.1 Å². The molecule has 2 aromatic heterocycles. The molecule has 1 N–H and O–H groups in total. The fraction of sp³-hybridized carbons (Fsp3) is 0.318. The van der Waals surface area contributed by atoms with Gasteiger partial charge in [0.2, 0.25) is 0 Å². The Kier molecular flexibility index (Phi) is 6.03. The molecular weight excluding hydrogens is 423 g/mol. The highest BCUT2D eigenvalue weighted by atomic mass is 32.1. The third-order valence-corrected chi connectivity index (χ3v) is 6.40. The second kappa shape index (κ2) is 8.89. The number of fused-ring (bicyclic) bond motifs is 1. The van der Waals surface area contributed by atoms with E-state index in [1.807, 2.05) is 0 Å². The lowest BCUT2D eigenvalue weighted by atomic mass is 9.95. The molecule has 2 heterocycles. The predicted molar refractivity (Wildman–Crippen MR) is 112 cm³/mol. The number of amides is 1. The van der Waals surface area contributed by atoms with Crippen molar-refractivity contribution in [1.82, 2.24) is 5.16 Å². The number of nitrogens with zero attached hydrogens (tertiary/aromatic N) is 1. The van der Waals surface area contributed by atoms with E-state index in [0.717, 1.165) is 36.1 Å². The van der Waals surface area contributed by atoms with Crippen molar-refractivity contribution < 1.29 is 28.0 Å². The lowest BCUT2D eigenvalue weighted by Crippen LogP contribution is -2.17. The van der Waals surface area contributed by atoms with E-state index in [9.17, 15) is 14.0 Å². The zero-order valence-electron chi connectivity index (χ0n) is 17.1. The fourth-order valence-electron chi connectivity index (χ4n) is 3.59. The molecule has 0 aliphatic heterocycles. The van der Waals surface area contributed by atoms with E-state index in [1.54, 1.807) is 19.1 Å². The van der Waals surface area contributed by atoms with Crippen LogP contribution in [0.25, 0.3) is 0 Å². The first kappa shape index (κ1) is 21.0. The van der Waals surface area contributed by atoms with Gasteiger partial charge in [-0.3, -0.25) is 4.79 Å². The van der Waals surface area contributed by atoms with E-state index in [2.05, 4.69) is 10.5 Å². The molecule has 3 aromatic rings. The Bertz CT molecular complexity index is 1140. The summed E-state index contributed by atoms with van der Waals surface area (Å²) in [7, 11) is 1.32. The Morgan fingerprint density at radius 2 is 2.03 bits per heavy atom. The number of esters is 1. The van der Waals surface area contributed by atoms with Gasteiger partial charge in [-0.15, -0.1) is 11.3 Å². The van der Waals surface area contributed by atoms with Crippen LogP contribution in [0, 0.1) is 12.7 Å². The van der Waals surface area contributed by atoms with E-state index in [0.29, 0.717) is 21.9 Å². The number of halogens is 1. The van der Waals surface area contributed by atoms with Gasteiger partial charge in [-0.25, -0.2) is 9.18 Å². The number of para-hydroxylation sites is 1. The molecule has 0 saturated heterocycles. The molecule has 0 radical (unpaired) electrons. The molecular formula is C22H21FN2O5S. The summed E-state index contributed by atoms with van der Waals surface area (Å²) in [6.45, 7) is 1.55. The van der Waals surface area contributed by atoms with Gasteiger partial charge in [0.05, 0.1) is 18.2 Å². The third-order valence-electron chi connectivity index (χ3n) is 5.20. The Morgan fingerprint density at radius 3 is 2.81 bits per heavy atom. The zero-order chi connectivity index (χ0) is 22.0. The maximum atomic E-state index is 13.8. The predicted octanol–water partition coefficient (Wildman–Crippen LogP) is 4.68. The largest absolute Gasteiger partial charge is 0.486 e. The minimum absolute atomic E-state index is 0.0241. The summed E-state index contributed by atoms with van der Waals surface area (Å²) in [5.74, 6) is -1.06. The fourth-order valence-corrected chi connectivity index (χ4v) is 4.86. The van der Waals surface area contributed by atoms with E-state index in [1.165, 1.54) is 30.6 Å². The Morgan fingerprint density at radius 1 is 1.26 bits per heavy atom. The minimum Gasteiger partial charge on any atom is -0.486 e. The summed E-state index contributed by atoms with van der Waals surface area (Å²) in [6.07, 6.45) is 3.67. The van der Waals surface area contributed by atoms with Gasteiger partial charge in [-0.1, -0.05) is 17.3 Å². The molecule has 4 rings (SSSR count). The SMILES string of the molecule is COC(=O)c1c(NC(=O)c2noc(C)c2COc2ccccc2F)sc2c1CCCC2. The summed E-state index contributed by atoms with van der Waals surface area (Å²) in [4.78, 5) is 26.5. The van der Waals surface area contributed by atoms with E-state index in [4.69, 9.17) is 14.0 Å². The van der Waals surface area contributed by atoms with Gasteiger partial charge in [-0.05, 0) is 50.3 Å². The minimum atomic E-state index is -0.535. The van der Waals surface area contributed by atoms with Crippen LogP contribution in [0.15, 0.2) is 28.8 Å². The number of carbonyl (C=O) groups is 2. The number of aryl methyl sites for hydroxylation is 2. The summed E-state index contributed by atoms with van der Waals surface area (Å²) in [5.41, 5.74) is 1.77. The normalized spacial score (nSPS) is 12.9. The average molecular weight is 444 g/mol. The number of rotatable bonds is 6. The standard InChI is InChI=1S/C22H21FN2O5S/c1-12-14(11-29-16-9-5-4-8-15(16)23)19(25-30-12)20(26)24-21-18(22(27)28-2)13-7-3-6-10-17(13)31-21/h4-5,8-9H,3,6-7,10-11H2,1-2H3,(H,24,26). The molecule has 0 saturated carbocycles. The molecule has 1 aromatic carbocycles. The van der Waals surface area contributed by atoms with Crippen LogP contribution in [0.4, 0.5) is 9.39 Å². The van der Waals surface area contributed by atoms with Gasteiger partial charge in [0.1, 0.15) is 17.4 Å². The summed E-state index contributed by atoms with van der Waals surface area (Å²) >= 11 is 1.38. The molecule has 7 nitrogen and oxygen atoms in total. The van der Waals surface area contributed by atoms with E-state index < -0.39 is 17.7 Å². The molecule has 0 spiro atoms. The number of thiophene rings is 1. The number of benzene rings is 1. The van der Waals surface area contributed by atoms with Gasteiger partial charge >= 0.3 is 5.97 Å². The second-order valence-corrected chi connectivity index (χ2v) is 8.25. The van der Waals surface area contributed by atoms with Gasteiger partial charge in [0.25, 0.3) is 5.91 Å². The third kappa shape index (κ3) is 4.18. The highest BCUT2D eigenvalue weighted by Crippen LogP contribution is 2.38. The van der Waals surface area contributed by atoms with Crippen molar-refractivity contribution in [3.05, 3.63) is 63.1 Å². The first-order chi connectivity index (χ1) is 15.0. The maximum Gasteiger partial charge on any atom is 0.341 e. The van der Waals surface area contributed by atoms with Crippen molar-refractivity contribution in [2.45, 2.75) is 39.2 Å². The summed E-state index contributed by atoms with van der Waals surface area (Å²) in [6, 6.07) is 6.00. The van der Waals surface area contributed by atoms with Crippen LogP contribution in [-0.2, 0) is 24.2 Å². The van der Waals surface area contributed by atoms with Crippen molar-refractivity contribution in [2.24, 2.45) is 0 Å². The smallest absolute Gasteiger partial charge is 0.341 e. The topological polar surface area (TPSA) is 90.7 Å². The van der Waals surface area contributed by atoms with Crippen molar-refractivity contribution in [3.8, 4) is 5.75 Å². The molecule has 0 fully saturated rings. The number of methoxy groups -OCH3 is 1. The zero-order valence-corrected chi connectivity index (χ0v) is 17.9. The van der Waals surface area contributed by atoms with Crippen molar-refractivity contribution >= 4 is 28.2 Å². The first-order valence-corrected chi connectivity index (χ1v) is 10.7. The lowest BCUT2D eigenvalue weighted by Gasteiger charge is -2.11. The molecule has 0 unspecified atom stereocenters. The number of anilines is 1. The summed E-state index contributed by atoms with van der Waals surface area (Å²) < 4.78 is 29.5. The van der Waals surface area contributed by atoms with E-state index >= 15 is 0 Å². The average Bonchev–Trinajstić information content (AvgIpc) is 3.32. The van der Waals surface area contributed by atoms with Crippen LogP contribution in [0.1, 0.15) is 55.5 Å². The number of hydrogen-bond acceptors (Lipinski definition) is 7. The Labute approximate surface area is 182 Å². The number of aromatic nitrogens is 1. The maximum absolute atomic E-state index is 13.8. The van der Waals surface area contributed by atoms with Gasteiger partial charge in [0, 0.05) is 4.88 Å². The molecule has 1 amide bonds. The Hall–Kier alpha value is -3.20. The van der Waals surface area contributed by atoms with Crippen molar-refractivity contribution in [2.75, 3.05) is 12.4 Å². The molecule has 0 atom stereocenters. The molecule has 0 bridgehead atoms. The van der Waals surface area contributed by atoms with Gasteiger partial charge in [-0.2, -0.15) is 0 Å². The number of hydrogen-bond donors (Lipinski definition) is 1. The quantitative estimate of drug-likeness (QED) is 0.555. The molecule has 31 heavy (non-hydrogen) atoms. The van der Waals surface area contributed by atoms with Gasteiger partial charge in [0.15, 0.2) is 17.3 Å². The van der Waals surface area contributed by atoms with Crippen LogP contribution in [-0.4, -0.2) is 24.1 Å². The number of carbonyl (C=O) groups excluding carboxylic acids is 2. The van der Waals surface area contributed by atoms with Crippen LogP contribution in [0.3, 0.4) is 0 Å². The first-order valence-electron chi connectivity index (χ1n) is 9.86. The number of nitrogens with one attached hydrogen (secondary N) is 1. The van der Waals surface area contributed by atoms with Gasteiger partial charge < -0.3 is 19.3 Å².